The molecule has 1 heterocycles. The van der Waals surface area contributed by atoms with Gasteiger partial charge in [-0.05, 0) is 35.9 Å². The van der Waals surface area contributed by atoms with E-state index in [2.05, 4.69) is 5.32 Å². The number of carbonyl (C=O) groups excluding carboxylic acids is 3. The molecule has 2 amide bonds. The van der Waals surface area contributed by atoms with Gasteiger partial charge in [0.05, 0.1) is 5.56 Å². The Hall–Kier alpha value is -3.55. The lowest BCUT2D eigenvalue weighted by Gasteiger charge is -2.06. The fourth-order valence-corrected chi connectivity index (χ4v) is 2.32. The van der Waals surface area contributed by atoms with Crippen LogP contribution >= 0.6 is 0 Å². The molecule has 26 heavy (non-hydrogen) atoms. The number of carbonyl (C=O) groups is 3. The number of nitrogens with two attached hydrogens (primary N) is 1. The first kappa shape index (κ1) is 17.3. The quantitative estimate of drug-likeness (QED) is 0.600. The summed E-state index contributed by atoms with van der Waals surface area (Å²) in [5.41, 5.74) is 6.44. The first-order chi connectivity index (χ1) is 12.5. The van der Waals surface area contributed by atoms with Crippen LogP contribution in [-0.4, -0.2) is 31.2 Å². The first-order valence-electron chi connectivity index (χ1n) is 7.75. The third-order valence-corrected chi connectivity index (χ3v) is 3.69. The molecule has 1 aliphatic heterocycles. The first-order valence-corrected chi connectivity index (χ1v) is 7.75. The van der Waals surface area contributed by atoms with Gasteiger partial charge in [0.25, 0.3) is 0 Å². The van der Waals surface area contributed by atoms with Crippen molar-refractivity contribution in [2.75, 3.05) is 13.4 Å². The number of hydrogen-bond acceptors (Lipinski definition) is 6. The van der Waals surface area contributed by atoms with Crippen LogP contribution < -0.4 is 20.5 Å². The molecule has 0 saturated heterocycles. The molecule has 2 aromatic rings. The predicted molar refractivity (Wildman–Crippen MR) is 90.0 cm³/mol. The highest BCUT2D eigenvalue weighted by atomic mass is 16.7. The number of hydrogen-bond donors (Lipinski definition) is 2. The van der Waals surface area contributed by atoms with Crippen molar-refractivity contribution in [3.63, 3.8) is 0 Å². The Kier molecular flexibility index (Phi) is 5.02. The Morgan fingerprint density at radius 3 is 2.42 bits per heavy atom. The van der Waals surface area contributed by atoms with E-state index in [4.69, 9.17) is 19.9 Å². The average Bonchev–Trinajstić information content (AvgIpc) is 3.12. The number of esters is 1. The van der Waals surface area contributed by atoms with Gasteiger partial charge in [0.1, 0.15) is 0 Å². The molecule has 0 fully saturated rings. The zero-order valence-corrected chi connectivity index (χ0v) is 13.7. The van der Waals surface area contributed by atoms with Crippen molar-refractivity contribution >= 4 is 17.8 Å². The Bertz CT molecular complexity index is 847. The Morgan fingerprint density at radius 2 is 1.69 bits per heavy atom. The molecule has 8 heteroatoms. The summed E-state index contributed by atoms with van der Waals surface area (Å²) >= 11 is 0. The average molecular weight is 356 g/mol. The number of primary amides is 1. The number of nitrogens with one attached hydrogen (secondary N) is 1. The smallest absolute Gasteiger partial charge is 0.338 e. The molecule has 1 aliphatic rings. The molecule has 0 saturated carbocycles. The molecule has 134 valence electrons. The van der Waals surface area contributed by atoms with E-state index in [0.29, 0.717) is 22.6 Å². The number of ketones is 1. The third-order valence-electron chi connectivity index (χ3n) is 3.69. The number of amides is 2. The topological polar surface area (TPSA) is 117 Å². The second-order valence-corrected chi connectivity index (χ2v) is 5.48. The molecule has 0 aromatic heterocycles. The molecule has 0 radical (unpaired) electrons. The lowest BCUT2D eigenvalue weighted by atomic mass is 10.1. The van der Waals surface area contributed by atoms with E-state index >= 15 is 0 Å². The van der Waals surface area contributed by atoms with Crippen LogP contribution in [0.15, 0.2) is 42.5 Å². The predicted octanol–water partition coefficient (Wildman–Crippen LogP) is 1.62. The maximum absolute atomic E-state index is 12.2. The van der Waals surface area contributed by atoms with Gasteiger partial charge >= 0.3 is 12.0 Å². The fraction of sp³-hybridized carbons (Fsp3) is 0.167. The van der Waals surface area contributed by atoms with Gasteiger partial charge in [-0.1, -0.05) is 12.1 Å². The number of fused-ring (bicyclic) bond motifs is 1. The van der Waals surface area contributed by atoms with Crippen molar-refractivity contribution in [1.82, 2.24) is 5.32 Å². The maximum atomic E-state index is 12.2. The summed E-state index contributed by atoms with van der Waals surface area (Å²) in [7, 11) is 0. The van der Waals surface area contributed by atoms with Gasteiger partial charge in [0, 0.05) is 12.1 Å². The van der Waals surface area contributed by atoms with Gasteiger partial charge in [-0.25, -0.2) is 9.59 Å². The molecule has 0 spiro atoms. The van der Waals surface area contributed by atoms with E-state index in [9.17, 15) is 14.4 Å². The number of benzene rings is 2. The second kappa shape index (κ2) is 7.56. The third kappa shape index (κ3) is 4.10. The van der Waals surface area contributed by atoms with Gasteiger partial charge in [-0.3, -0.25) is 4.79 Å². The Balaban J connectivity index is 1.54. The summed E-state index contributed by atoms with van der Waals surface area (Å²) in [6, 6.07) is 10.6. The van der Waals surface area contributed by atoms with Crippen LogP contribution in [0.5, 0.6) is 11.5 Å². The SMILES string of the molecule is NC(=O)NCc1ccc(C(=O)OCC(=O)c2ccc3c(c2)OCO3)cc1. The normalized spacial score (nSPS) is 11.7. The van der Waals surface area contributed by atoms with E-state index in [1.165, 1.54) is 0 Å². The summed E-state index contributed by atoms with van der Waals surface area (Å²) in [6.45, 7) is -0.0103. The highest BCUT2D eigenvalue weighted by Gasteiger charge is 2.17. The number of Topliss-reactive ketones (excluding diaryl/α,β-unsaturated/α-hetero) is 1. The molecule has 0 unspecified atom stereocenters. The van der Waals surface area contributed by atoms with E-state index in [-0.39, 0.29) is 25.7 Å². The molecule has 3 N–H and O–H groups in total. The molecule has 2 aromatic carbocycles. The minimum atomic E-state index is -0.629. The summed E-state index contributed by atoms with van der Waals surface area (Å²) in [5, 5.41) is 2.45. The van der Waals surface area contributed by atoms with Crippen LogP contribution in [0.4, 0.5) is 4.79 Å². The Morgan fingerprint density at radius 1 is 1.00 bits per heavy atom. The summed E-state index contributed by atoms with van der Waals surface area (Å²) in [5.74, 6) is 0.0965. The van der Waals surface area contributed by atoms with E-state index in [1.54, 1.807) is 42.5 Å². The summed E-state index contributed by atoms with van der Waals surface area (Å²) < 4.78 is 15.4. The largest absolute Gasteiger partial charge is 0.454 e. The van der Waals surface area contributed by atoms with Gasteiger partial charge in [-0.15, -0.1) is 0 Å². The van der Waals surface area contributed by atoms with E-state index in [0.717, 1.165) is 5.56 Å². The summed E-state index contributed by atoms with van der Waals surface area (Å²) in [4.78, 5) is 34.9. The van der Waals surface area contributed by atoms with Crippen LogP contribution in [0.3, 0.4) is 0 Å². The van der Waals surface area contributed by atoms with Crippen molar-refractivity contribution in [2.24, 2.45) is 5.73 Å². The molecule has 0 aliphatic carbocycles. The lowest BCUT2D eigenvalue weighted by molar-refractivity contribution is 0.0474. The van der Waals surface area contributed by atoms with Crippen LogP contribution in [0.2, 0.25) is 0 Å². The van der Waals surface area contributed by atoms with Crippen molar-refractivity contribution in [2.45, 2.75) is 6.54 Å². The van der Waals surface area contributed by atoms with Gasteiger partial charge < -0.3 is 25.3 Å². The van der Waals surface area contributed by atoms with Crippen molar-refractivity contribution in [3.8, 4) is 11.5 Å². The molecule has 3 rings (SSSR count). The molecular formula is C18H16N2O6. The summed E-state index contributed by atoms with van der Waals surface area (Å²) in [6.07, 6.45) is 0. The monoisotopic (exact) mass is 356 g/mol. The van der Waals surface area contributed by atoms with Crippen LogP contribution in [0.25, 0.3) is 0 Å². The second-order valence-electron chi connectivity index (χ2n) is 5.48. The lowest BCUT2D eigenvalue weighted by Crippen LogP contribution is -2.28. The van der Waals surface area contributed by atoms with Crippen molar-refractivity contribution in [1.29, 1.82) is 0 Å². The highest BCUT2D eigenvalue weighted by molar-refractivity contribution is 5.99. The minimum absolute atomic E-state index is 0.118. The number of urea groups is 1. The molecular weight excluding hydrogens is 340 g/mol. The highest BCUT2D eigenvalue weighted by Crippen LogP contribution is 2.32. The van der Waals surface area contributed by atoms with Crippen molar-refractivity contribution in [3.05, 3.63) is 59.2 Å². The van der Waals surface area contributed by atoms with Gasteiger partial charge in [0.2, 0.25) is 6.79 Å². The van der Waals surface area contributed by atoms with E-state index in [1.807, 2.05) is 0 Å². The minimum Gasteiger partial charge on any atom is -0.454 e. The zero-order valence-electron chi connectivity index (χ0n) is 13.7. The fourth-order valence-electron chi connectivity index (χ4n) is 2.32. The van der Waals surface area contributed by atoms with E-state index < -0.39 is 12.0 Å². The zero-order chi connectivity index (χ0) is 18.5. The van der Waals surface area contributed by atoms with Crippen LogP contribution in [0.1, 0.15) is 26.3 Å². The Labute approximate surface area is 148 Å². The van der Waals surface area contributed by atoms with Gasteiger partial charge in [-0.2, -0.15) is 0 Å². The maximum Gasteiger partial charge on any atom is 0.338 e. The molecule has 8 nitrogen and oxygen atoms in total. The van der Waals surface area contributed by atoms with Crippen LogP contribution in [-0.2, 0) is 11.3 Å². The number of ether oxygens (including phenoxy) is 3. The van der Waals surface area contributed by atoms with Gasteiger partial charge in [0.15, 0.2) is 23.9 Å². The van der Waals surface area contributed by atoms with Crippen molar-refractivity contribution < 1.29 is 28.6 Å². The standard InChI is InChI=1S/C18H16N2O6/c19-18(23)20-8-11-1-3-12(4-2-11)17(22)24-9-14(21)13-5-6-15-16(7-13)26-10-25-15/h1-7H,8-10H2,(H3,19,20,23). The van der Waals surface area contributed by atoms with Crippen LogP contribution in [0, 0.1) is 0 Å². The number of rotatable bonds is 6. The molecule has 0 atom stereocenters. The molecule has 0 bridgehead atoms.